The van der Waals surface area contributed by atoms with Gasteiger partial charge in [0.2, 0.25) is 5.90 Å². The Morgan fingerprint density at radius 1 is 1.17 bits per heavy atom. The van der Waals surface area contributed by atoms with Gasteiger partial charge in [0.15, 0.2) is 5.70 Å². The van der Waals surface area contributed by atoms with Gasteiger partial charge in [-0.2, -0.15) is 0 Å². The Labute approximate surface area is 139 Å². The minimum atomic E-state index is -0.485. The van der Waals surface area contributed by atoms with Crippen molar-refractivity contribution in [1.82, 2.24) is 0 Å². The summed E-state index contributed by atoms with van der Waals surface area (Å²) in [6.45, 7) is 2.41. The van der Waals surface area contributed by atoms with Crippen molar-refractivity contribution in [3.05, 3.63) is 70.4 Å². The Hall–Kier alpha value is -2.59. The predicted octanol–water partition coefficient (Wildman–Crippen LogP) is 4.08. The highest BCUT2D eigenvalue weighted by Crippen LogP contribution is 2.25. The van der Waals surface area contributed by atoms with Gasteiger partial charge in [0.1, 0.15) is 5.75 Å². The number of halogens is 1. The second-order valence-electron chi connectivity index (χ2n) is 4.82. The second kappa shape index (κ2) is 6.67. The van der Waals surface area contributed by atoms with Gasteiger partial charge >= 0.3 is 5.97 Å². The molecule has 2 aromatic rings. The van der Waals surface area contributed by atoms with E-state index in [4.69, 9.17) is 21.1 Å². The van der Waals surface area contributed by atoms with Crippen LogP contribution in [0.15, 0.2) is 59.2 Å². The molecule has 0 saturated heterocycles. The molecule has 1 aliphatic heterocycles. The second-order valence-corrected chi connectivity index (χ2v) is 5.25. The zero-order chi connectivity index (χ0) is 16.2. The summed E-state index contributed by atoms with van der Waals surface area (Å²) in [7, 11) is 0. The molecule has 0 unspecified atom stereocenters. The molecule has 0 saturated carbocycles. The van der Waals surface area contributed by atoms with Crippen LogP contribution < -0.4 is 4.74 Å². The summed E-state index contributed by atoms with van der Waals surface area (Å²) >= 11 is 5.85. The summed E-state index contributed by atoms with van der Waals surface area (Å²) in [6.07, 6.45) is 1.66. The molecule has 1 aliphatic rings. The number of carbonyl (C=O) groups is 1. The first-order valence-corrected chi connectivity index (χ1v) is 7.55. The molecule has 5 heteroatoms. The normalized spacial score (nSPS) is 15.5. The predicted molar refractivity (Wildman–Crippen MR) is 89.7 cm³/mol. The third-order valence-electron chi connectivity index (χ3n) is 3.21. The van der Waals surface area contributed by atoms with Crippen molar-refractivity contribution in [3.8, 4) is 5.75 Å². The van der Waals surface area contributed by atoms with E-state index < -0.39 is 5.97 Å². The Kier molecular flexibility index (Phi) is 4.44. The Bertz CT molecular complexity index is 794. The summed E-state index contributed by atoms with van der Waals surface area (Å²) in [6, 6.07) is 14.4. The van der Waals surface area contributed by atoms with Crippen molar-refractivity contribution in [2.45, 2.75) is 6.92 Å². The molecule has 0 bridgehead atoms. The van der Waals surface area contributed by atoms with Crippen LogP contribution in [-0.4, -0.2) is 18.5 Å². The zero-order valence-electron chi connectivity index (χ0n) is 12.5. The Morgan fingerprint density at radius 2 is 1.91 bits per heavy atom. The average Bonchev–Trinajstić information content (AvgIpc) is 2.91. The maximum absolute atomic E-state index is 12.0. The van der Waals surface area contributed by atoms with Gasteiger partial charge in [-0.25, -0.2) is 9.79 Å². The molecule has 23 heavy (non-hydrogen) atoms. The molecule has 116 valence electrons. The van der Waals surface area contributed by atoms with E-state index in [1.54, 1.807) is 18.2 Å². The fourth-order valence-electron chi connectivity index (χ4n) is 2.17. The van der Waals surface area contributed by atoms with Crippen molar-refractivity contribution < 1.29 is 14.3 Å². The number of ether oxygens (including phenoxy) is 2. The van der Waals surface area contributed by atoms with Crippen LogP contribution in [0.25, 0.3) is 6.08 Å². The smallest absolute Gasteiger partial charge is 0.363 e. The van der Waals surface area contributed by atoms with E-state index in [9.17, 15) is 4.79 Å². The van der Waals surface area contributed by atoms with Crippen molar-refractivity contribution in [3.63, 3.8) is 0 Å². The lowest BCUT2D eigenvalue weighted by Crippen LogP contribution is -2.07. The highest BCUT2D eigenvalue weighted by Gasteiger charge is 2.26. The third-order valence-corrected chi connectivity index (χ3v) is 3.46. The lowest BCUT2D eigenvalue weighted by Gasteiger charge is -2.08. The Morgan fingerprint density at radius 3 is 2.65 bits per heavy atom. The summed E-state index contributed by atoms with van der Waals surface area (Å²) < 4.78 is 10.8. The number of carbonyl (C=O) groups excluding carboxylic acids is 1. The number of rotatable bonds is 4. The number of hydrogen-bond donors (Lipinski definition) is 0. The fraction of sp³-hybridized carbons (Fsp3) is 0.111. The van der Waals surface area contributed by atoms with Gasteiger partial charge in [-0.1, -0.05) is 35.9 Å². The first-order chi connectivity index (χ1) is 11.2. The standard InChI is InChI=1S/C18H14ClNO3/c1-2-22-16-6-4-3-5-14(16)17-20-15(18(21)23-17)11-12-7-9-13(19)10-8-12/h3-11H,2H2,1H3/b15-11-. The monoisotopic (exact) mass is 327 g/mol. The lowest BCUT2D eigenvalue weighted by atomic mass is 10.2. The van der Waals surface area contributed by atoms with E-state index in [0.29, 0.717) is 22.9 Å². The highest BCUT2D eigenvalue weighted by molar-refractivity contribution is 6.30. The summed E-state index contributed by atoms with van der Waals surface area (Å²) in [5.41, 5.74) is 1.72. The highest BCUT2D eigenvalue weighted by atomic mass is 35.5. The molecule has 0 aliphatic carbocycles. The van der Waals surface area contributed by atoms with Gasteiger partial charge < -0.3 is 9.47 Å². The number of benzene rings is 2. The van der Waals surface area contributed by atoms with Crippen LogP contribution in [0.5, 0.6) is 5.75 Å². The number of cyclic esters (lactones) is 1. The first-order valence-electron chi connectivity index (χ1n) is 7.17. The quantitative estimate of drug-likeness (QED) is 0.628. The van der Waals surface area contributed by atoms with E-state index in [-0.39, 0.29) is 11.6 Å². The molecule has 0 amide bonds. The number of nitrogens with zero attached hydrogens (tertiary/aromatic N) is 1. The summed E-state index contributed by atoms with van der Waals surface area (Å²) in [5, 5.41) is 0.635. The number of esters is 1. The molecular weight excluding hydrogens is 314 g/mol. The van der Waals surface area contributed by atoms with Crippen molar-refractivity contribution >= 4 is 29.5 Å². The van der Waals surface area contributed by atoms with Gasteiger partial charge in [-0.05, 0) is 42.8 Å². The van der Waals surface area contributed by atoms with Gasteiger partial charge in [0.25, 0.3) is 0 Å². The van der Waals surface area contributed by atoms with E-state index >= 15 is 0 Å². The van der Waals surface area contributed by atoms with Crippen molar-refractivity contribution in [2.24, 2.45) is 4.99 Å². The molecule has 0 spiro atoms. The van der Waals surface area contributed by atoms with Crippen molar-refractivity contribution in [1.29, 1.82) is 0 Å². The van der Waals surface area contributed by atoms with Crippen LogP contribution in [0.4, 0.5) is 0 Å². The topological polar surface area (TPSA) is 47.9 Å². The van der Waals surface area contributed by atoms with E-state index in [1.807, 2.05) is 43.3 Å². The maximum Gasteiger partial charge on any atom is 0.363 e. The maximum atomic E-state index is 12.0. The van der Waals surface area contributed by atoms with E-state index in [1.165, 1.54) is 0 Å². The molecule has 0 fully saturated rings. The number of hydrogen-bond acceptors (Lipinski definition) is 4. The molecule has 0 aromatic heterocycles. The van der Waals surface area contributed by atoms with Crippen LogP contribution in [-0.2, 0) is 9.53 Å². The van der Waals surface area contributed by atoms with Crippen LogP contribution >= 0.6 is 11.6 Å². The fourth-order valence-corrected chi connectivity index (χ4v) is 2.29. The molecule has 0 N–H and O–H groups in total. The van der Waals surface area contributed by atoms with Crippen LogP contribution in [0.3, 0.4) is 0 Å². The molecule has 0 radical (unpaired) electrons. The number of aliphatic imine (C=N–C) groups is 1. The zero-order valence-corrected chi connectivity index (χ0v) is 13.2. The van der Waals surface area contributed by atoms with Crippen LogP contribution in [0, 0.1) is 0 Å². The van der Waals surface area contributed by atoms with Gasteiger partial charge in [-0.15, -0.1) is 0 Å². The minimum Gasteiger partial charge on any atom is -0.493 e. The Balaban J connectivity index is 1.94. The molecular formula is C18H14ClNO3. The largest absolute Gasteiger partial charge is 0.493 e. The molecule has 2 aromatic carbocycles. The van der Waals surface area contributed by atoms with Crippen LogP contribution in [0.2, 0.25) is 5.02 Å². The summed E-state index contributed by atoms with van der Waals surface area (Å²) in [4.78, 5) is 16.3. The molecule has 4 nitrogen and oxygen atoms in total. The third kappa shape index (κ3) is 3.43. The molecule has 3 rings (SSSR count). The van der Waals surface area contributed by atoms with E-state index in [0.717, 1.165) is 5.56 Å². The SMILES string of the molecule is CCOc1ccccc1C1=N/C(=C\c2ccc(Cl)cc2)C(=O)O1. The lowest BCUT2D eigenvalue weighted by molar-refractivity contribution is -0.129. The first kappa shape index (κ1) is 15.3. The van der Waals surface area contributed by atoms with Gasteiger partial charge in [-0.3, -0.25) is 0 Å². The van der Waals surface area contributed by atoms with Crippen LogP contribution in [0.1, 0.15) is 18.1 Å². The average molecular weight is 328 g/mol. The molecule has 1 heterocycles. The molecule has 0 atom stereocenters. The summed E-state index contributed by atoms with van der Waals surface area (Å²) in [5.74, 6) is 0.398. The minimum absolute atomic E-state index is 0.244. The van der Waals surface area contributed by atoms with Gasteiger partial charge in [0.05, 0.1) is 12.2 Å². The number of para-hydroxylation sites is 1. The van der Waals surface area contributed by atoms with E-state index in [2.05, 4.69) is 4.99 Å². The van der Waals surface area contributed by atoms with Crippen molar-refractivity contribution in [2.75, 3.05) is 6.61 Å². The van der Waals surface area contributed by atoms with Gasteiger partial charge in [0, 0.05) is 5.02 Å².